The van der Waals surface area contributed by atoms with Crippen molar-refractivity contribution in [1.82, 2.24) is 14.7 Å². The molecular weight excluding hydrogens is 658 g/mol. The Labute approximate surface area is 268 Å². The molecule has 0 radical (unpaired) electrons. The van der Waals surface area contributed by atoms with Crippen molar-refractivity contribution in [2.75, 3.05) is 46.4 Å². The van der Waals surface area contributed by atoms with E-state index in [1.807, 2.05) is 9.80 Å². The Morgan fingerprint density at radius 2 is 1.58 bits per heavy atom. The average Bonchev–Trinajstić information content (AvgIpc) is 2.95. The zero-order valence-electron chi connectivity index (χ0n) is 24.3. The maximum Gasteiger partial charge on any atom is 0.416 e. The predicted molar refractivity (Wildman–Crippen MR) is 156 cm³/mol. The molecule has 16 heteroatoms. The lowest BCUT2D eigenvalue weighted by atomic mass is 9.98. The summed E-state index contributed by atoms with van der Waals surface area (Å²) in [5, 5.41) is 19.5. The van der Waals surface area contributed by atoms with E-state index in [2.05, 4.69) is 0 Å². The molecule has 1 amide bonds. The molecule has 0 bridgehead atoms. The second kappa shape index (κ2) is 16.0. The Kier molecular flexibility index (Phi) is 13.8. The van der Waals surface area contributed by atoms with Crippen LogP contribution in [0.5, 0.6) is 5.75 Å². The fraction of sp³-hybridized carbons (Fsp3) is 0.552. The van der Waals surface area contributed by atoms with Gasteiger partial charge in [0, 0.05) is 44.3 Å². The molecule has 2 N–H and O–H groups in total. The third kappa shape index (κ3) is 9.82. The van der Waals surface area contributed by atoms with Crippen LogP contribution in [0, 0.1) is 5.82 Å². The second-order valence-corrected chi connectivity index (χ2v) is 10.9. The molecule has 2 aliphatic heterocycles. The number of aliphatic hydroxyl groups excluding tert-OH is 1. The topological polar surface area (TPSA) is 76.5 Å². The average molecular weight is 695 g/mol. The number of alkyl halides is 6. The van der Waals surface area contributed by atoms with Gasteiger partial charge in [0.25, 0.3) is 5.91 Å². The van der Waals surface area contributed by atoms with Crippen LogP contribution in [0.4, 0.5) is 30.7 Å². The van der Waals surface area contributed by atoms with Crippen molar-refractivity contribution < 1.29 is 50.5 Å². The molecule has 2 aromatic carbocycles. The number of carbonyl (C=O) groups is 1. The standard InChI is InChI=1S/C29H34F7N3O4.2ClH/c1-43-25-13-18(5-6-23(25)30)12-22-17-37(8-10-38-7-3-2-4-24(38)27(41)42)9-11-39(22)26(40)19-14-20(28(31,32)33)16-21(15-19)29(34,35)36;;/h5-6,13-16,22,24,27,41-42H,2-4,7-12,17H2,1H3;2*1H/t22-,24?;;/m1../s1. The molecule has 2 atom stereocenters. The molecule has 1 unspecified atom stereocenters. The Bertz CT molecular complexity index is 1250. The Morgan fingerprint density at radius 3 is 2.16 bits per heavy atom. The van der Waals surface area contributed by atoms with E-state index in [-0.39, 0.29) is 56.1 Å². The van der Waals surface area contributed by atoms with E-state index in [1.165, 1.54) is 30.2 Å². The van der Waals surface area contributed by atoms with E-state index >= 15 is 0 Å². The Balaban J connectivity index is 0.00000353. The lowest BCUT2D eigenvalue weighted by Crippen LogP contribution is -2.57. The lowest BCUT2D eigenvalue weighted by molar-refractivity contribution is -0.143. The smallest absolute Gasteiger partial charge is 0.416 e. The quantitative estimate of drug-likeness (QED) is 0.291. The van der Waals surface area contributed by atoms with Crippen LogP contribution in [-0.4, -0.2) is 95.6 Å². The summed E-state index contributed by atoms with van der Waals surface area (Å²) in [5.74, 6) is -1.64. The Morgan fingerprint density at radius 1 is 0.933 bits per heavy atom. The molecule has 0 aromatic heterocycles. The number of aliphatic hydroxyl groups is 2. The van der Waals surface area contributed by atoms with Crippen LogP contribution in [-0.2, 0) is 18.8 Å². The van der Waals surface area contributed by atoms with Gasteiger partial charge in [-0.15, -0.1) is 24.8 Å². The fourth-order valence-electron chi connectivity index (χ4n) is 5.81. The third-order valence-electron chi connectivity index (χ3n) is 8.06. The number of piperazine rings is 1. The number of hydrogen-bond acceptors (Lipinski definition) is 6. The van der Waals surface area contributed by atoms with Gasteiger partial charge in [-0.3, -0.25) is 14.6 Å². The predicted octanol–water partition coefficient (Wildman–Crippen LogP) is 5.25. The number of piperidine rings is 1. The first kappa shape index (κ1) is 38.8. The molecule has 0 aliphatic carbocycles. The van der Waals surface area contributed by atoms with Crippen LogP contribution in [0.3, 0.4) is 0 Å². The number of carbonyl (C=O) groups excluding carboxylic acids is 1. The van der Waals surface area contributed by atoms with E-state index in [0.29, 0.717) is 50.3 Å². The van der Waals surface area contributed by atoms with Crippen molar-refractivity contribution in [3.63, 3.8) is 0 Å². The minimum Gasteiger partial charge on any atom is -0.494 e. The first-order valence-corrected chi connectivity index (χ1v) is 13.9. The van der Waals surface area contributed by atoms with Crippen LogP contribution in [0.2, 0.25) is 0 Å². The minimum absolute atomic E-state index is 0. The largest absolute Gasteiger partial charge is 0.494 e. The summed E-state index contributed by atoms with van der Waals surface area (Å²) in [7, 11) is 1.28. The normalized spacial score (nSPS) is 20.0. The molecule has 254 valence electrons. The molecule has 4 rings (SSSR count). The van der Waals surface area contributed by atoms with Gasteiger partial charge < -0.3 is 19.8 Å². The van der Waals surface area contributed by atoms with Crippen LogP contribution in [0.25, 0.3) is 0 Å². The Hall–Kier alpha value is -2.36. The first-order valence-electron chi connectivity index (χ1n) is 13.9. The van der Waals surface area contributed by atoms with Gasteiger partial charge in [0.05, 0.1) is 24.3 Å². The molecule has 2 fully saturated rings. The van der Waals surface area contributed by atoms with Gasteiger partial charge in [0.2, 0.25) is 0 Å². The highest BCUT2D eigenvalue weighted by Crippen LogP contribution is 2.37. The van der Waals surface area contributed by atoms with Gasteiger partial charge in [-0.25, -0.2) is 4.39 Å². The molecular formula is C29H36Cl2F7N3O4. The number of nitrogens with zero attached hydrogens (tertiary/aromatic N) is 3. The molecule has 0 spiro atoms. The molecule has 2 saturated heterocycles. The van der Waals surface area contributed by atoms with Gasteiger partial charge in [0.1, 0.15) is 0 Å². The second-order valence-electron chi connectivity index (χ2n) is 10.9. The van der Waals surface area contributed by atoms with E-state index in [1.54, 1.807) is 0 Å². The molecule has 2 heterocycles. The van der Waals surface area contributed by atoms with Crippen molar-refractivity contribution in [3.8, 4) is 5.75 Å². The lowest BCUT2D eigenvalue weighted by Gasteiger charge is -2.43. The van der Waals surface area contributed by atoms with Crippen molar-refractivity contribution in [3.05, 3.63) is 64.5 Å². The fourth-order valence-corrected chi connectivity index (χ4v) is 5.81. The monoisotopic (exact) mass is 693 g/mol. The zero-order valence-corrected chi connectivity index (χ0v) is 25.9. The van der Waals surface area contributed by atoms with Crippen molar-refractivity contribution in [1.29, 1.82) is 0 Å². The van der Waals surface area contributed by atoms with E-state index in [0.717, 1.165) is 12.8 Å². The molecule has 2 aromatic rings. The van der Waals surface area contributed by atoms with E-state index in [9.17, 15) is 45.7 Å². The number of likely N-dealkylation sites (tertiary alicyclic amines) is 1. The first-order chi connectivity index (χ1) is 20.2. The molecule has 7 nitrogen and oxygen atoms in total. The number of rotatable bonds is 8. The summed E-state index contributed by atoms with van der Waals surface area (Å²) in [6, 6.07) is 3.84. The summed E-state index contributed by atoms with van der Waals surface area (Å²) >= 11 is 0. The SMILES string of the molecule is COc1cc(C[C@@H]2CN(CCN3CCCCC3C(O)O)CCN2C(=O)c2cc(C(F)(F)F)cc(C(F)(F)F)c2)ccc1F.Cl.Cl. The van der Waals surface area contributed by atoms with Crippen LogP contribution in [0.15, 0.2) is 36.4 Å². The van der Waals surface area contributed by atoms with Crippen molar-refractivity contribution >= 4 is 30.7 Å². The van der Waals surface area contributed by atoms with Gasteiger partial charge in [0.15, 0.2) is 17.9 Å². The number of hydrogen-bond donors (Lipinski definition) is 2. The third-order valence-corrected chi connectivity index (χ3v) is 8.06. The van der Waals surface area contributed by atoms with Crippen molar-refractivity contribution in [2.45, 2.75) is 56.4 Å². The molecule has 45 heavy (non-hydrogen) atoms. The number of benzene rings is 2. The van der Waals surface area contributed by atoms with Crippen molar-refractivity contribution in [2.24, 2.45) is 0 Å². The number of halogens is 9. The maximum absolute atomic E-state index is 14.0. The summed E-state index contributed by atoms with van der Waals surface area (Å²) in [6.45, 7) is 2.20. The highest BCUT2D eigenvalue weighted by atomic mass is 35.5. The zero-order chi connectivity index (χ0) is 31.5. The van der Waals surface area contributed by atoms with Crippen LogP contribution >= 0.6 is 24.8 Å². The highest BCUT2D eigenvalue weighted by molar-refractivity contribution is 5.95. The van der Waals surface area contributed by atoms with E-state index < -0.39 is 59.1 Å². The summed E-state index contributed by atoms with van der Waals surface area (Å²) < 4.78 is 100. The summed E-state index contributed by atoms with van der Waals surface area (Å²) in [6.07, 6.45) is -9.17. The van der Waals surface area contributed by atoms with Gasteiger partial charge in [-0.1, -0.05) is 12.5 Å². The van der Waals surface area contributed by atoms with Gasteiger partial charge in [-0.05, 0) is 61.7 Å². The number of methoxy groups -OCH3 is 1. The summed E-state index contributed by atoms with van der Waals surface area (Å²) in [5.41, 5.74) is -3.33. The van der Waals surface area contributed by atoms with Crippen LogP contribution in [0.1, 0.15) is 46.3 Å². The number of amides is 1. The maximum atomic E-state index is 14.0. The minimum atomic E-state index is -5.10. The molecule has 0 saturated carbocycles. The van der Waals surface area contributed by atoms with Gasteiger partial charge >= 0.3 is 12.4 Å². The summed E-state index contributed by atoms with van der Waals surface area (Å²) in [4.78, 5) is 18.8. The highest BCUT2D eigenvalue weighted by Gasteiger charge is 2.39. The van der Waals surface area contributed by atoms with Gasteiger partial charge in [-0.2, -0.15) is 26.3 Å². The van der Waals surface area contributed by atoms with E-state index in [4.69, 9.17) is 4.74 Å². The van der Waals surface area contributed by atoms with Crippen LogP contribution < -0.4 is 4.74 Å². The molecule has 2 aliphatic rings. The number of ether oxygens (including phenoxy) is 1.